The van der Waals surface area contributed by atoms with Crippen LogP contribution in [0.5, 0.6) is 0 Å². The van der Waals surface area contributed by atoms with E-state index in [0.717, 1.165) is 36.7 Å². The molecule has 0 radical (unpaired) electrons. The molecule has 144 valence electrons. The van der Waals surface area contributed by atoms with Gasteiger partial charge in [-0.3, -0.25) is 0 Å². The van der Waals surface area contributed by atoms with Crippen molar-refractivity contribution in [2.24, 2.45) is 0 Å². The van der Waals surface area contributed by atoms with Gasteiger partial charge in [0.15, 0.2) is 0 Å². The highest BCUT2D eigenvalue weighted by Gasteiger charge is 2.23. The second-order valence-corrected chi connectivity index (χ2v) is 7.97. The summed E-state index contributed by atoms with van der Waals surface area (Å²) in [6.45, 7) is 2.59. The third kappa shape index (κ3) is 4.52. The molecule has 0 aliphatic carbocycles. The largest absolute Gasteiger partial charge is 0.462 e. The standard InChI is InChI=1S/C19H21FN2O4S/c1-2-26-19(23)14-9-15(20)11-16(10-14)27(24,25)22-12-18-17-6-4-3-5-13(17)7-8-21-18/h3-6,9-11,18,21-22H,2,7-8,12H2,1H3. The molecule has 2 aromatic rings. The molecule has 1 aliphatic heterocycles. The first kappa shape index (κ1) is 19.5. The third-order valence-corrected chi connectivity index (χ3v) is 5.79. The molecular weight excluding hydrogens is 371 g/mol. The van der Waals surface area contributed by atoms with Gasteiger partial charge in [-0.1, -0.05) is 24.3 Å². The molecule has 1 atom stereocenters. The number of ether oxygens (including phenoxy) is 1. The maximum atomic E-state index is 13.8. The van der Waals surface area contributed by atoms with Crippen molar-refractivity contribution in [2.45, 2.75) is 24.3 Å². The van der Waals surface area contributed by atoms with E-state index in [2.05, 4.69) is 10.0 Å². The van der Waals surface area contributed by atoms with Gasteiger partial charge < -0.3 is 10.1 Å². The Morgan fingerprint density at radius 3 is 2.85 bits per heavy atom. The number of hydrogen-bond donors (Lipinski definition) is 2. The highest BCUT2D eigenvalue weighted by atomic mass is 32.2. The molecule has 3 rings (SSSR count). The zero-order chi connectivity index (χ0) is 19.4. The SMILES string of the molecule is CCOC(=O)c1cc(F)cc(S(=O)(=O)NCC2NCCc3ccccc32)c1. The third-order valence-electron chi connectivity index (χ3n) is 4.39. The number of carbonyl (C=O) groups excluding carboxylic acids is 1. The van der Waals surface area contributed by atoms with Gasteiger partial charge >= 0.3 is 5.97 Å². The lowest BCUT2D eigenvalue weighted by Gasteiger charge is -2.27. The highest BCUT2D eigenvalue weighted by Crippen LogP contribution is 2.23. The van der Waals surface area contributed by atoms with Crippen LogP contribution >= 0.6 is 0 Å². The lowest BCUT2D eigenvalue weighted by molar-refractivity contribution is 0.0525. The maximum absolute atomic E-state index is 13.8. The van der Waals surface area contributed by atoms with E-state index in [1.165, 1.54) is 5.56 Å². The summed E-state index contributed by atoms with van der Waals surface area (Å²) in [5, 5.41) is 3.28. The van der Waals surface area contributed by atoms with Crippen molar-refractivity contribution in [3.63, 3.8) is 0 Å². The Hall–Kier alpha value is -2.29. The van der Waals surface area contributed by atoms with Crippen molar-refractivity contribution >= 4 is 16.0 Å². The maximum Gasteiger partial charge on any atom is 0.338 e. The molecule has 0 fully saturated rings. The van der Waals surface area contributed by atoms with E-state index in [1.807, 2.05) is 24.3 Å². The van der Waals surface area contributed by atoms with E-state index in [1.54, 1.807) is 6.92 Å². The Morgan fingerprint density at radius 2 is 2.07 bits per heavy atom. The van der Waals surface area contributed by atoms with Gasteiger partial charge in [0.2, 0.25) is 10.0 Å². The van der Waals surface area contributed by atoms with Crippen LogP contribution in [0, 0.1) is 5.82 Å². The van der Waals surface area contributed by atoms with Crippen molar-refractivity contribution in [2.75, 3.05) is 19.7 Å². The predicted octanol–water partition coefficient (Wildman–Crippen LogP) is 2.17. The molecular formula is C19H21FN2O4S. The van der Waals surface area contributed by atoms with Crippen LogP contribution in [0.25, 0.3) is 0 Å². The Morgan fingerprint density at radius 1 is 1.30 bits per heavy atom. The number of nitrogens with one attached hydrogen (secondary N) is 2. The average molecular weight is 392 g/mol. The van der Waals surface area contributed by atoms with Crippen LogP contribution in [0.4, 0.5) is 4.39 Å². The molecule has 0 amide bonds. The number of hydrogen-bond acceptors (Lipinski definition) is 5. The minimum absolute atomic E-state index is 0.114. The molecule has 27 heavy (non-hydrogen) atoms. The fourth-order valence-electron chi connectivity index (χ4n) is 3.10. The second-order valence-electron chi connectivity index (χ2n) is 6.20. The minimum atomic E-state index is -3.99. The van der Waals surface area contributed by atoms with Gasteiger partial charge in [0.25, 0.3) is 0 Å². The Bertz CT molecular complexity index is 946. The first-order valence-corrected chi connectivity index (χ1v) is 10.2. The van der Waals surface area contributed by atoms with Crippen molar-refractivity contribution < 1.29 is 22.3 Å². The van der Waals surface area contributed by atoms with Gasteiger partial charge in [0.05, 0.1) is 17.1 Å². The summed E-state index contributed by atoms with van der Waals surface area (Å²) in [4.78, 5) is 11.5. The molecule has 0 saturated heterocycles. The summed E-state index contributed by atoms with van der Waals surface area (Å²) in [6, 6.07) is 10.6. The lowest BCUT2D eigenvalue weighted by atomic mass is 9.95. The zero-order valence-electron chi connectivity index (χ0n) is 14.9. The quantitative estimate of drug-likeness (QED) is 0.736. The van der Waals surface area contributed by atoms with E-state index in [9.17, 15) is 17.6 Å². The summed E-state index contributed by atoms with van der Waals surface area (Å²) >= 11 is 0. The van der Waals surface area contributed by atoms with Crippen molar-refractivity contribution in [3.8, 4) is 0 Å². The van der Waals surface area contributed by atoms with Gasteiger partial charge in [0.1, 0.15) is 5.82 Å². The number of benzene rings is 2. The highest BCUT2D eigenvalue weighted by molar-refractivity contribution is 7.89. The van der Waals surface area contributed by atoms with Gasteiger partial charge in [0, 0.05) is 12.6 Å². The topological polar surface area (TPSA) is 84.5 Å². The Balaban J connectivity index is 1.79. The monoisotopic (exact) mass is 392 g/mol. The van der Waals surface area contributed by atoms with Crippen LogP contribution in [-0.4, -0.2) is 34.1 Å². The molecule has 1 aliphatic rings. The van der Waals surface area contributed by atoms with Crippen LogP contribution in [-0.2, 0) is 21.2 Å². The van der Waals surface area contributed by atoms with Crippen molar-refractivity contribution in [1.29, 1.82) is 0 Å². The number of sulfonamides is 1. The summed E-state index contributed by atoms with van der Waals surface area (Å²) in [6.07, 6.45) is 0.881. The van der Waals surface area contributed by atoms with Gasteiger partial charge in [-0.25, -0.2) is 22.3 Å². The van der Waals surface area contributed by atoms with Crippen molar-refractivity contribution in [3.05, 3.63) is 65.0 Å². The molecule has 0 spiro atoms. The van der Waals surface area contributed by atoms with E-state index in [0.29, 0.717) is 0 Å². The van der Waals surface area contributed by atoms with Gasteiger partial charge in [-0.15, -0.1) is 0 Å². The zero-order valence-corrected chi connectivity index (χ0v) is 15.7. The smallest absolute Gasteiger partial charge is 0.338 e. The second kappa shape index (κ2) is 8.16. The molecule has 6 nitrogen and oxygen atoms in total. The van der Waals surface area contributed by atoms with Crippen LogP contribution < -0.4 is 10.0 Å². The van der Waals surface area contributed by atoms with Crippen LogP contribution in [0.3, 0.4) is 0 Å². The average Bonchev–Trinajstić information content (AvgIpc) is 2.66. The minimum Gasteiger partial charge on any atom is -0.462 e. The first-order valence-electron chi connectivity index (χ1n) is 8.69. The summed E-state index contributed by atoms with van der Waals surface area (Å²) in [5.41, 5.74) is 2.08. The lowest BCUT2D eigenvalue weighted by Crippen LogP contribution is -2.38. The van der Waals surface area contributed by atoms with Crippen LogP contribution in [0.1, 0.15) is 34.5 Å². The summed E-state index contributed by atoms with van der Waals surface area (Å²) in [5.74, 6) is -1.58. The molecule has 1 heterocycles. The molecule has 0 aromatic heterocycles. The molecule has 0 saturated carbocycles. The fraction of sp³-hybridized carbons (Fsp3) is 0.316. The van der Waals surface area contributed by atoms with Crippen LogP contribution in [0.15, 0.2) is 47.4 Å². The van der Waals surface area contributed by atoms with Crippen molar-refractivity contribution in [1.82, 2.24) is 10.0 Å². The summed E-state index contributed by atoms with van der Waals surface area (Å²) < 4.78 is 46.4. The van der Waals surface area contributed by atoms with Gasteiger partial charge in [-0.05, 0) is 49.2 Å². The van der Waals surface area contributed by atoms with Crippen LogP contribution in [0.2, 0.25) is 0 Å². The number of halogens is 1. The molecule has 2 N–H and O–H groups in total. The number of rotatable bonds is 6. The fourth-order valence-corrected chi connectivity index (χ4v) is 4.20. The predicted molar refractivity (Wildman–Crippen MR) is 98.4 cm³/mol. The van der Waals surface area contributed by atoms with E-state index in [4.69, 9.17) is 4.74 Å². The van der Waals surface area contributed by atoms with E-state index < -0.39 is 21.8 Å². The van der Waals surface area contributed by atoms with E-state index in [-0.39, 0.29) is 29.7 Å². The number of esters is 1. The van der Waals surface area contributed by atoms with Gasteiger partial charge in [-0.2, -0.15) is 0 Å². The first-order chi connectivity index (χ1) is 12.9. The molecule has 1 unspecified atom stereocenters. The Kier molecular flexibility index (Phi) is 5.88. The molecule has 8 heteroatoms. The Labute approximate surface area is 157 Å². The number of fused-ring (bicyclic) bond motifs is 1. The van der Waals surface area contributed by atoms with E-state index >= 15 is 0 Å². The normalized spacial score (nSPS) is 16.6. The number of carbonyl (C=O) groups is 1. The molecule has 0 bridgehead atoms. The summed E-state index contributed by atoms with van der Waals surface area (Å²) in [7, 11) is -3.99. The molecule has 2 aromatic carbocycles.